The lowest BCUT2D eigenvalue weighted by Gasteiger charge is -2.52. The third kappa shape index (κ3) is 4.28. The van der Waals surface area contributed by atoms with Crippen molar-refractivity contribution in [3.05, 3.63) is 54.7 Å². The molecule has 0 amide bonds. The number of aromatic nitrogens is 1. The third-order valence-electron chi connectivity index (χ3n) is 7.98. The van der Waals surface area contributed by atoms with E-state index in [0.29, 0.717) is 17.9 Å². The molecule has 3 aliphatic heterocycles. The monoisotopic (exact) mass is 449 g/mol. The fourth-order valence-corrected chi connectivity index (χ4v) is 6.46. The van der Waals surface area contributed by atoms with Crippen LogP contribution in [-0.4, -0.2) is 46.2 Å². The van der Waals surface area contributed by atoms with Gasteiger partial charge >= 0.3 is 0 Å². The van der Waals surface area contributed by atoms with Crippen LogP contribution < -0.4 is 16.4 Å². The van der Waals surface area contributed by atoms with E-state index in [4.69, 9.17) is 18.0 Å². The largest absolute Gasteiger partial charge is 0.358 e. The van der Waals surface area contributed by atoms with Crippen LogP contribution in [0.15, 0.2) is 49.2 Å². The normalized spacial score (nSPS) is 32.9. The Kier molecular flexibility index (Phi) is 6.44. The highest BCUT2D eigenvalue weighted by Gasteiger charge is 2.43. The van der Waals surface area contributed by atoms with Crippen molar-refractivity contribution in [3.63, 3.8) is 0 Å². The van der Waals surface area contributed by atoms with Crippen molar-refractivity contribution in [1.29, 1.82) is 0 Å². The van der Waals surface area contributed by atoms with E-state index in [1.54, 1.807) is 0 Å². The number of hydrogen-bond donors (Lipinski definition) is 3. The summed E-state index contributed by atoms with van der Waals surface area (Å²) in [5.41, 5.74) is 8.70. The molecule has 2 bridgehead atoms. The molecule has 1 aromatic carbocycles. The van der Waals surface area contributed by atoms with Gasteiger partial charge in [0, 0.05) is 36.3 Å². The van der Waals surface area contributed by atoms with Crippen LogP contribution in [0.4, 0.5) is 0 Å². The molecule has 4 aliphatic rings. The van der Waals surface area contributed by atoms with Crippen LogP contribution in [0.1, 0.15) is 50.1 Å². The van der Waals surface area contributed by atoms with Crippen molar-refractivity contribution in [3.8, 4) is 0 Å². The summed E-state index contributed by atoms with van der Waals surface area (Å²) in [6.07, 6.45) is 11.1. The van der Waals surface area contributed by atoms with E-state index < -0.39 is 0 Å². The Labute approximate surface area is 196 Å². The lowest BCUT2D eigenvalue weighted by Crippen LogP contribution is -2.59. The van der Waals surface area contributed by atoms with Gasteiger partial charge in [-0.05, 0) is 74.0 Å². The second kappa shape index (κ2) is 9.46. The van der Waals surface area contributed by atoms with Gasteiger partial charge in [-0.3, -0.25) is 9.88 Å². The number of rotatable bonds is 5. The van der Waals surface area contributed by atoms with Crippen LogP contribution in [0.5, 0.6) is 0 Å². The molecular formula is C26H35N5S. The molecule has 4 N–H and O–H groups in total. The van der Waals surface area contributed by atoms with E-state index in [0.717, 1.165) is 43.0 Å². The van der Waals surface area contributed by atoms with Gasteiger partial charge in [0.15, 0.2) is 5.11 Å². The number of pyridine rings is 1. The van der Waals surface area contributed by atoms with E-state index >= 15 is 0 Å². The third-order valence-corrected chi connectivity index (χ3v) is 8.21. The van der Waals surface area contributed by atoms with Crippen molar-refractivity contribution in [1.82, 2.24) is 20.5 Å². The SMILES string of the molecule is C=C[C@H]1CN2CC[C@H]1C[C@H]2[C@@H](NC(=S)N[C@@H]1CCCC[C@H]1N)c1ccnc2ccccc12. The first-order chi connectivity index (χ1) is 15.6. The average molecular weight is 450 g/mol. The van der Waals surface area contributed by atoms with Gasteiger partial charge in [-0.2, -0.15) is 0 Å². The Morgan fingerprint density at radius 3 is 2.84 bits per heavy atom. The minimum absolute atomic E-state index is 0.108. The Bertz CT molecular complexity index is 972. The van der Waals surface area contributed by atoms with Crippen LogP contribution in [0.25, 0.3) is 10.9 Å². The summed E-state index contributed by atoms with van der Waals surface area (Å²) < 4.78 is 0. The highest BCUT2D eigenvalue weighted by Crippen LogP contribution is 2.42. The number of benzene rings is 1. The van der Waals surface area contributed by atoms with E-state index in [-0.39, 0.29) is 18.1 Å². The second-order valence-corrected chi connectivity index (χ2v) is 10.2. The highest BCUT2D eigenvalue weighted by molar-refractivity contribution is 7.80. The van der Waals surface area contributed by atoms with Gasteiger partial charge in [0.05, 0.1) is 11.6 Å². The van der Waals surface area contributed by atoms with Crippen molar-refractivity contribution in [2.75, 3.05) is 13.1 Å². The Balaban J connectivity index is 1.44. The molecule has 0 radical (unpaired) electrons. The van der Waals surface area contributed by atoms with Gasteiger partial charge in [-0.25, -0.2) is 0 Å². The molecule has 4 fully saturated rings. The van der Waals surface area contributed by atoms with Crippen LogP contribution in [0.3, 0.4) is 0 Å². The molecule has 32 heavy (non-hydrogen) atoms. The van der Waals surface area contributed by atoms with Crippen LogP contribution in [0, 0.1) is 11.8 Å². The van der Waals surface area contributed by atoms with Gasteiger partial charge in [0.25, 0.3) is 0 Å². The zero-order valence-corrected chi connectivity index (χ0v) is 19.6. The first-order valence-corrected chi connectivity index (χ1v) is 12.6. The molecule has 1 saturated carbocycles. The number of piperidine rings is 3. The zero-order chi connectivity index (χ0) is 22.1. The summed E-state index contributed by atoms with van der Waals surface area (Å²) in [5, 5.41) is 9.24. The van der Waals surface area contributed by atoms with Gasteiger partial charge < -0.3 is 16.4 Å². The molecule has 2 aromatic rings. The molecule has 170 valence electrons. The minimum atomic E-state index is 0.108. The summed E-state index contributed by atoms with van der Waals surface area (Å²) in [7, 11) is 0. The fraction of sp³-hybridized carbons (Fsp3) is 0.538. The summed E-state index contributed by atoms with van der Waals surface area (Å²) in [4.78, 5) is 7.25. The Morgan fingerprint density at radius 1 is 1.22 bits per heavy atom. The maximum atomic E-state index is 6.39. The van der Waals surface area contributed by atoms with Gasteiger partial charge in [-0.15, -0.1) is 6.58 Å². The molecule has 7 atom stereocenters. The van der Waals surface area contributed by atoms with Crippen molar-refractivity contribution < 1.29 is 0 Å². The molecule has 0 spiro atoms. The highest BCUT2D eigenvalue weighted by atomic mass is 32.1. The number of fused-ring (bicyclic) bond motifs is 4. The topological polar surface area (TPSA) is 66.2 Å². The fourth-order valence-electron chi connectivity index (χ4n) is 6.18. The second-order valence-electron chi connectivity index (χ2n) is 9.81. The predicted molar refractivity (Wildman–Crippen MR) is 135 cm³/mol. The minimum Gasteiger partial charge on any atom is -0.358 e. The lowest BCUT2D eigenvalue weighted by molar-refractivity contribution is 0.00426. The maximum Gasteiger partial charge on any atom is 0.167 e. The summed E-state index contributed by atoms with van der Waals surface area (Å²) >= 11 is 5.86. The number of para-hydroxylation sites is 1. The van der Waals surface area contributed by atoms with Crippen LogP contribution in [0.2, 0.25) is 0 Å². The summed E-state index contributed by atoms with van der Waals surface area (Å²) in [6.45, 7) is 6.34. The van der Waals surface area contributed by atoms with Gasteiger partial charge in [0.1, 0.15) is 0 Å². The average Bonchev–Trinajstić information content (AvgIpc) is 2.84. The van der Waals surface area contributed by atoms with E-state index in [2.05, 4.69) is 63.5 Å². The van der Waals surface area contributed by atoms with Gasteiger partial charge in [0.2, 0.25) is 0 Å². The maximum absolute atomic E-state index is 6.39. The lowest BCUT2D eigenvalue weighted by atomic mass is 9.73. The number of nitrogens with one attached hydrogen (secondary N) is 2. The van der Waals surface area contributed by atoms with E-state index in [1.165, 1.54) is 30.2 Å². The quantitative estimate of drug-likeness (QED) is 0.475. The van der Waals surface area contributed by atoms with Crippen molar-refractivity contribution in [2.24, 2.45) is 17.6 Å². The molecule has 3 saturated heterocycles. The van der Waals surface area contributed by atoms with Crippen LogP contribution >= 0.6 is 12.2 Å². The number of thiocarbonyl (C=S) groups is 1. The molecule has 6 rings (SSSR count). The smallest absolute Gasteiger partial charge is 0.167 e. The Hall–Kier alpha value is -2.02. The standard InChI is InChI=1S/C26H35N5S/c1-2-17-16-31-14-12-18(17)15-24(31)25(20-11-13-28-22-9-5-3-7-19(20)22)30-26(32)29-23-10-6-4-8-21(23)27/h2-3,5,7,9,11,13,17-18,21,23-25H,1,4,6,8,10,12,14-16,27H2,(H2,29,30,32)/t17-,18-,21+,23+,24-,25-/m0/s1. The van der Waals surface area contributed by atoms with Crippen molar-refractivity contribution in [2.45, 2.75) is 62.7 Å². The molecule has 6 heteroatoms. The predicted octanol–water partition coefficient (Wildman–Crippen LogP) is 3.91. The molecule has 1 aliphatic carbocycles. The summed E-state index contributed by atoms with van der Waals surface area (Å²) in [5.74, 6) is 1.30. The number of nitrogens with two attached hydrogens (primary N) is 1. The molecular weight excluding hydrogens is 414 g/mol. The van der Waals surface area contributed by atoms with Crippen molar-refractivity contribution >= 4 is 28.2 Å². The number of hydrogen-bond acceptors (Lipinski definition) is 4. The zero-order valence-electron chi connectivity index (χ0n) is 18.7. The van der Waals surface area contributed by atoms with Gasteiger partial charge in [-0.1, -0.05) is 37.1 Å². The molecule has 1 aromatic heterocycles. The molecule has 5 nitrogen and oxygen atoms in total. The van der Waals surface area contributed by atoms with E-state index in [1.807, 2.05) is 6.20 Å². The summed E-state index contributed by atoms with van der Waals surface area (Å²) in [6, 6.07) is 11.5. The molecule has 1 unspecified atom stereocenters. The first-order valence-electron chi connectivity index (χ1n) is 12.2. The first kappa shape index (κ1) is 21.8. The number of nitrogens with zero attached hydrogens (tertiary/aromatic N) is 2. The van der Waals surface area contributed by atoms with Crippen LogP contribution in [-0.2, 0) is 0 Å². The Morgan fingerprint density at radius 2 is 2.06 bits per heavy atom. The molecule has 4 heterocycles. The van der Waals surface area contributed by atoms with E-state index in [9.17, 15) is 0 Å².